The van der Waals surface area contributed by atoms with Crippen LogP contribution >= 0.6 is 0 Å². The summed E-state index contributed by atoms with van der Waals surface area (Å²) in [5.41, 5.74) is 2.30. The highest BCUT2D eigenvalue weighted by Crippen LogP contribution is 2.26. The van der Waals surface area contributed by atoms with Crippen molar-refractivity contribution in [2.45, 2.75) is 38.0 Å². The standard InChI is InChI=1S/C23H31N3O3S/c1-19-10-12-21(13-11-19)30(28,29)26(22-9-4-3-8-20(22)2)18-23(27)24-14-7-17-25-15-5-6-16-25/h3-4,8-13H,5-7,14-18H2,1-2H3,(H,24,27). The van der Waals surface area contributed by atoms with Gasteiger partial charge in [-0.15, -0.1) is 0 Å². The molecule has 1 heterocycles. The van der Waals surface area contributed by atoms with E-state index >= 15 is 0 Å². The number of amides is 1. The lowest BCUT2D eigenvalue weighted by molar-refractivity contribution is -0.119. The molecule has 0 bridgehead atoms. The van der Waals surface area contributed by atoms with Crippen LogP contribution in [0, 0.1) is 13.8 Å². The van der Waals surface area contributed by atoms with Crippen molar-refractivity contribution in [3.63, 3.8) is 0 Å². The minimum atomic E-state index is -3.87. The molecule has 3 rings (SSSR count). The number of benzene rings is 2. The molecule has 0 saturated carbocycles. The molecule has 1 aliphatic rings. The third kappa shape index (κ3) is 5.61. The van der Waals surface area contributed by atoms with Crippen LogP contribution in [-0.4, -0.2) is 51.9 Å². The van der Waals surface area contributed by atoms with E-state index < -0.39 is 10.0 Å². The molecule has 0 atom stereocenters. The summed E-state index contributed by atoms with van der Waals surface area (Å²) in [6.07, 6.45) is 3.35. The number of aryl methyl sites for hydroxylation is 2. The normalized spacial score (nSPS) is 14.6. The Morgan fingerprint density at radius 2 is 1.70 bits per heavy atom. The average Bonchev–Trinajstić information content (AvgIpc) is 3.24. The van der Waals surface area contributed by atoms with E-state index in [2.05, 4.69) is 10.2 Å². The van der Waals surface area contributed by atoms with Crippen LogP contribution in [0.1, 0.15) is 30.4 Å². The van der Waals surface area contributed by atoms with Gasteiger partial charge in [0.05, 0.1) is 10.6 Å². The highest BCUT2D eigenvalue weighted by molar-refractivity contribution is 7.92. The first kappa shape index (κ1) is 22.3. The van der Waals surface area contributed by atoms with Gasteiger partial charge in [-0.3, -0.25) is 9.10 Å². The largest absolute Gasteiger partial charge is 0.354 e. The van der Waals surface area contributed by atoms with Gasteiger partial charge in [-0.25, -0.2) is 8.42 Å². The number of rotatable bonds is 9. The number of hydrogen-bond acceptors (Lipinski definition) is 4. The van der Waals surface area contributed by atoms with Gasteiger partial charge in [0.1, 0.15) is 6.54 Å². The van der Waals surface area contributed by atoms with E-state index in [0.717, 1.165) is 37.2 Å². The molecule has 6 nitrogen and oxygen atoms in total. The molecule has 1 amide bonds. The average molecular weight is 430 g/mol. The van der Waals surface area contributed by atoms with E-state index in [0.29, 0.717) is 12.2 Å². The van der Waals surface area contributed by atoms with Crippen LogP contribution in [0.25, 0.3) is 0 Å². The van der Waals surface area contributed by atoms with Crippen LogP contribution in [0.15, 0.2) is 53.4 Å². The summed E-state index contributed by atoms with van der Waals surface area (Å²) in [7, 11) is -3.87. The highest BCUT2D eigenvalue weighted by atomic mass is 32.2. The minimum Gasteiger partial charge on any atom is -0.354 e. The van der Waals surface area contributed by atoms with Gasteiger partial charge in [-0.05, 0) is 76.5 Å². The van der Waals surface area contributed by atoms with E-state index in [1.807, 2.05) is 26.0 Å². The summed E-state index contributed by atoms with van der Waals surface area (Å²) >= 11 is 0. The molecule has 2 aromatic rings. The Hall–Kier alpha value is -2.38. The Labute approximate surface area is 179 Å². The number of nitrogens with zero attached hydrogens (tertiary/aromatic N) is 2. The Bertz CT molecular complexity index is 952. The maximum Gasteiger partial charge on any atom is 0.264 e. The van der Waals surface area contributed by atoms with Crippen LogP contribution in [0.3, 0.4) is 0 Å². The van der Waals surface area contributed by atoms with Gasteiger partial charge in [-0.1, -0.05) is 35.9 Å². The zero-order chi connectivity index (χ0) is 21.6. The van der Waals surface area contributed by atoms with Crippen molar-refractivity contribution >= 4 is 21.6 Å². The molecular formula is C23H31N3O3S. The van der Waals surface area contributed by atoms with Crippen LogP contribution in [0.5, 0.6) is 0 Å². The van der Waals surface area contributed by atoms with E-state index in [-0.39, 0.29) is 17.3 Å². The van der Waals surface area contributed by atoms with Crippen molar-refractivity contribution in [3.05, 3.63) is 59.7 Å². The summed E-state index contributed by atoms with van der Waals surface area (Å²) in [6, 6.07) is 13.9. The topological polar surface area (TPSA) is 69.7 Å². The lowest BCUT2D eigenvalue weighted by atomic mass is 10.2. The summed E-state index contributed by atoms with van der Waals surface area (Å²) in [5.74, 6) is -0.296. The third-order valence-electron chi connectivity index (χ3n) is 5.45. The number of likely N-dealkylation sites (tertiary alicyclic amines) is 1. The summed E-state index contributed by atoms with van der Waals surface area (Å²) in [5, 5.41) is 2.89. The summed E-state index contributed by atoms with van der Waals surface area (Å²) < 4.78 is 28.0. The van der Waals surface area contributed by atoms with Gasteiger partial charge in [0.25, 0.3) is 10.0 Å². The van der Waals surface area contributed by atoms with Gasteiger partial charge in [0, 0.05) is 6.54 Å². The summed E-state index contributed by atoms with van der Waals surface area (Å²) in [6.45, 7) is 7.27. The third-order valence-corrected chi connectivity index (χ3v) is 7.23. The summed E-state index contributed by atoms with van der Waals surface area (Å²) in [4.78, 5) is 15.2. The zero-order valence-corrected chi connectivity index (χ0v) is 18.6. The van der Waals surface area contributed by atoms with Gasteiger partial charge < -0.3 is 10.2 Å². The first-order valence-corrected chi connectivity index (χ1v) is 12.0. The van der Waals surface area contributed by atoms with E-state index in [4.69, 9.17) is 0 Å². The fraction of sp³-hybridized carbons (Fsp3) is 0.435. The second kappa shape index (κ2) is 10.1. The van der Waals surface area contributed by atoms with Crippen molar-refractivity contribution in [2.75, 3.05) is 37.0 Å². The number of hydrogen-bond donors (Lipinski definition) is 1. The number of para-hydroxylation sites is 1. The number of carbonyl (C=O) groups is 1. The van der Waals surface area contributed by atoms with E-state index in [1.54, 1.807) is 36.4 Å². The van der Waals surface area contributed by atoms with Crippen molar-refractivity contribution in [2.24, 2.45) is 0 Å². The van der Waals surface area contributed by atoms with E-state index in [1.165, 1.54) is 17.1 Å². The minimum absolute atomic E-state index is 0.179. The van der Waals surface area contributed by atoms with Crippen molar-refractivity contribution < 1.29 is 13.2 Å². The van der Waals surface area contributed by atoms with E-state index in [9.17, 15) is 13.2 Å². The molecule has 0 spiro atoms. The number of nitrogens with one attached hydrogen (secondary N) is 1. The predicted molar refractivity (Wildman–Crippen MR) is 120 cm³/mol. The zero-order valence-electron chi connectivity index (χ0n) is 17.8. The van der Waals surface area contributed by atoms with Crippen LogP contribution < -0.4 is 9.62 Å². The fourth-order valence-corrected chi connectivity index (χ4v) is 5.19. The second-order valence-corrected chi connectivity index (χ2v) is 9.73. The van der Waals surface area contributed by atoms with Crippen molar-refractivity contribution in [1.29, 1.82) is 0 Å². The maximum absolute atomic E-state index is 13.4. The Balaban J connectivity index is 1.72. The lowest BCUT2D eigenvalue weighted by Crippen LogP contribution is -2.41. The highest BCUT2D eigenvalue weighted by Gasteiger charge is 2.28. The van der Waals surface area contributed by atoms with Crippen LogP contribution in [-0.2, 0) is 14.8 Å². The number of carbonyl (C=O) groups excluding carboxylic acids is 1. The smallest absolute Gasteiger partial charge is 0.264 e. The first-order chi connectivity index (χ1) is 14.4. The molecule has 30 heavy (non-hydrogen) atoms. The monoisotopic (exact) mass is 429 g/mol. The van der Waals surface area contributed by atoms with Gasteiger partial charge in [0.2, 0.25) is 5.91 Å². The molecule has 0 aliphatic carbocycles. The van der Waals surface area contributed by atoms with Crippen molar-refractivity contribution in [3.8, 4) is 0 Å². The Morgan fingerprint density at radius 1 is 1.03 bits per heavy atom. The predicted octanol–water partition coefficient (Wildman–Crippen LogP) is 3.10. The molecule has 0 unspecified atom stereocenters. The lowest BCUT2D eigenvalue weighted by Gasteiger charge is -2.25. The van der Waals surface area contributed by atoms with Crippen molar-refractivity contribution in [1.82, 2.24) is 10.2 Å². The SMILES string of the molecule is Cc1ccc(S(=O)(=O)N(CC(=O)NCCCN2CCCC2)c2ccccc2C)cc1. The van der Waals surface area contributed by atoms with Crippen LogP contribution in [0.4, 0.5) is 5.69 Å². The first-order valence-electron chi connectivity index (χ1n) is 10.5. The molecule has 0 aromatic heterocycles. The quantitative estimate of drug-likeness (QED) is 0.622. The second-order valence-electron chi connectivity index (χ2n) is 7.86. The Morgan fingerprint density at radius 3 is 2.37 bits per heavy atom. The van der Waals surface area contributed by atoms with Gasteiger partial charge in [0.15, 0.2) is 0 Å². The molecule has 1 saturated heterocycles. The molecular weight excluding hydrogens is 398 g/mol. The fourth-order valence-electron chi connectivity index (χ4n) is 3.70. The number of sulfonamides is 1. The van der Waals surface area contributed by atoms with Crippen LogP contribution in [0.2, 0.25) is 0 Å². The van der Waals surface area contributed by atoms with Gasteiger partial charge in [-0.2, -0.15) is 0 Å². The molecule has 0 radical (unpaired) electrons. The molecule has 7 heteroatoms. The number of anilines is 1. The van der Waals surface area contributed by atoms with Gasteiger partial charge >= 0.3 is 0 Å². The molecule has 1 fully saturated rings. The Kier molecular flexibility index (Phi) is 7.50. The molecule has 162 valence electrons. The molecule has 1 aliphatic heterocycles. The maximum atomic E-state index is 13.4. The molecule has 1 N–H and O–H groups in total. The molecule has 2 aromatic carbocycles.